The normalized spacial score (nSPS) is 11.5. The summed E-state index contributed by atoms with van der Waals surface area (Å²) in [5.74, 6) is -0.327. The van der Waals surface area contributed by atoms with Crippen LogP contribution in [0.1, 0.15) is 19.4 Å². The molecular formula is C14H14O3. The van der Waals surface area contributed by atoms with Gasteiger partial charge in [-0.25, -0.2) is 4.79 Å². The monoisotopic (exact) mass is 230 g/mol. The Hall–Kier alpha value is -2.03. The minimum Gasteiger partial charge on any atom is -0.464 e. The zero-order valence-corrected chi connectivity index (χ0v) is 9.84. The molecule has 0 aliphatic carbocycles. The predicted octanol–water partition coefficient (Wildman–Crippen LogP) is 3.40. The number of rotatable bonds is 3. The lowest BCUT2D eigenvalue weighted by Crippen LogP contribution is -2.08. The van der Waals surface area contributed by atoms with Gasteiger partial charge in [-0.15, -0.1) is 0 Å². The summed E-state index contributed by atoms with van der Waals surface area (Å²) in [6, 6.07) is 7.62. The molecule has 2 aromatic rings. The third-order valence-corrected chi connectivity index (χ3v) is 2.24. The highest BCUT2D eigenvalue weighted by Crippen LogP contribution is 2.17. The average Bonchev–Trinajstić information content (AvgIpc) is 2.72. The Balaban J connectivity index is 2.12. The number of hydrogen-bond acceptors (Lipinski definition) is 3. The van der Waals surface area contributed by atoms with Crippen LogP contribution in [0.15, 0.2) is 41.0 Å². The number of hydrogen-bond donors (Lipinski definition) is 0. The van der Waals surface area contributed by atoms with Crippen molar-refractivity contribution < 1.29 is 13.9 Å². The summed E-state index contributed by atoms with van der Waals surface area (Å²) in [7, 11) is 0. The van der Waals surface area contributed by atoms with E-state index in [0.29, 0.717) is 0 Å². The first-order valence-electron chi connectivity index (χ1n) is 5.51. The fourth-order valence-corrected chi connectivity index (χ4v) is 1.52. The highest BCUT2D eigenvalue weighted by Gasteiger charge is 2.00. The third-order valence-electron chi connectivity index (χ3n) is 2.24. The molecule has 0 unspecified atom stereocenters. The number of esters is 1. The molecule has 0 fully saturated rings. The van der Waals surface area contributed by atoms with Gasteiger partial charge in [0.15, 0.2) is 0 Å². The maximum absolute atomic E-state index is 11.3. The van der Waals surface area contributed by atoms with Crippen molar-refractivity contribution in [1.29, 1.82) is 0 Å². The Morgan fingerprint density at radius 3 is 2.94 bits per heavy atom. The molecule has 1 aromatic carbocycles. The summed E-state index contributed by atoms with van der Waals surface area (Å²) in [5.41, 5.74) is 1.78. The number of fused-ring (bicyclic) bond motifs is 1. The van der Waals surface area contributed by atoms with Gasteiger partial charge in [0.1, 0.15) is 5.58 Å². The maximum Gasteiger partial charge on any atom is 0.331 e. The quantitative estimate of drug-likeness (QED) is 0.599. The van der Waals surface area contributed by atoms with E-state index in [9.17, 15) is 4.79 Å². The summed E-state index contributed by atoms with van der Waals surface area (Å²) < 4.78 is 10.2. The molecule has 2 rings (SSSR count). The van der Waals surface area contributed by atoms with Gasteiger partial charge >= 0.3 is 5.97 Å². The van der Waals surface area contributed by atoms with Crippen molar-refractivity contribution in [3.63, 3.8) is 0 Å². The molecule has 17 heavy (non-hydrogen) atoms. The summed E-state index contributed by atoms with van der Waals surface area (Å²) in [6.45, 7) is 3.65. The molecular weight excluding hydrogens is 216 g/mol. The lowest BCUT2D eigenvalue weighted by atomic mass is 10.1. The van der Waals surface area contributed by atoms with Crippen LogP contribution in [0.4, 0.5) is 0 Å². The van der Waals surface area contributed by atoms with Gasteiger partial charge in [0.2, 0.25) is 0 Å². The van der Waals surface area contributed by atoms with Crippen LogP contribution in [0.5, 0.6) is 0 Å². The predicted molar refractivity (Wildman–Crippen MR) is 66.5 cm³/mol. The van der Waals surface area contributed by atoms with E-state index in [1.165, 1.54) is 6.08 Å². The number of carbonyl (C=O) groups is 1. The van der Waals surface area contributed by atoms with Crippen molar-refractivity contribution in [2.75, 3.05) is 0 Å². The topological polar surface area (TPSA) is 39.4 Å². The summed E-state index contributed by atoms with van der Waals surface area (Å²) in [5, 5.41) is 1.02. The van der Waals surface area contributed by atoms with Crippen LogP contribution >= 0.6 is 0 Å². The smallest absolute Gasteiger partial charge is 0.331 e. The zero-order chi connectivity index (χ0) is 12.3. The van der Waals surface area contributed by atoms with Crippen LogP contribution in [-0.4, -0.2) is 12.1 Å². The van der Waals surface area contributed by atoms with E-state index in [4.69, 9.17) is 9.15 Å². The highest BCUT2D eigenvalue weighted by atomic mass is 16.5. The fraction of sp³-hybridized carbons (Fsp3) is 0.214. The van der Waals surface area contributed by atoms with Gasteiger partial charge in [0.05, 0.1) is 12.4 Å². The van der Waals surface area contributed by atoms with Gasteiger partial charge in [-0.2, -0.15) is 0 Å². The molecule has 0 atom stereocenters. The van der Waals surface area contributed by atoms with Crippen LogP contribution < -0.4 is 0 Å². The molecule has 88 valence electrons. The summed E-state index contributed by atoms with van der Waals surface area (Å²) >= 11 is 0. The molecule has 0 saturated heterocycles. The number of benzene rings is 1. The maximum atomic E-state index is 11.3. The van der Waals surface area contributed by atoms with Crippen LogP contribution in [0.3, 0.4) is 0 Å². The van der Waals surface area contributed by atoms with Gasteiger partial charge in [-0.1, -0.05) is 6.07 Å². The van der Waals surface area contributed by atoms with Gasteiger partial charge in [0, 0.05) is 11.5 Å². The second kappa shape index (κ2) is 4.87. The van der Waals surface area contributed by atoms with Crippen LogP contribution in [0.25, 0.3) is 17.0 Å². The highest BCUT2D eigenvalue weighted by molar-refractivity contribution is 5.88. The Bertz CT molecular complexity index is 549. The standard InChI is InChI=1S/C14H14O3/c1-10(2)17-14(15)6-4-11-3-5-13-12(9-11)7-8-16-13/h3-10H,1-2H3/b6-4+. The van der Waals surface area contributed by atoms with Gasteiger partial charge in [-0.05, 0) is 43.7 Å². The van der Waals surface area contributed by atoms with E-state index < -0.39 is 0 Å². The van der Waals surface area contributed by atoms with E-state index in [1.807, 2.05) is 38.1 Å². The Morgan fingerprint density at radius 1 is 1.35 bits per heavy atom. The fourth-order valence-electron chi connectivity index (χ4n) is 1.52. The molecule has 1 heterocycles. The first-order chi connectivity index (χ1) is 8.15. The largest absolute Gasteiger partial charge is 0.464 e. The number of ether oxygens (including phenoxy) is 1. The Kier molecular flexibility index (Phi) is 3.28. The molecule has 0 amide bonds. The Morgan fingerprint density at radius 2 is 2.18 bits per heavy atom. The second-order valence-electron chi connectivity index (χ2n) is 4.04. The van der Waals surface area contributed by atoms with Crippen molar-refractivity contribution in [1.82, 2.24) is 0 Å². The van der Waals surface area contributed by atoms with Crippen molar-refractivity contribution in [3.05, 3.63) is 42.2 Å². The van der Waals surface area contributed by atoms with Crippen molar-refractivity contribution in [2.24, 2.45) is 0 Å². The van der Waals surface area contributed by atoms with Gasteiger partial charge in [-0.3, -0.25) is 0 Å². The molecule has 0 radical (unpaired) electrons. The molecule has 0 saturated carbocycles. The molecule has 0 aliphatic rings. The molecule has 0 spiro atoms. The summed E-state index contributed by atoms with van der Waals surface area (Å²) in [4.78, 5) is 11.3. The zero-order valence-electron chi connectivity index (χ0n) is 9.84. The third kappa shape index (κ3) is 2.97. The average molecular weight is 230 g/mol. The van der Waals surface area contributed by atoms with E-state index in [0.717, 1.165) is 16.5 Å². The molecule has 0 bridgehead atoms. The van der Waals surface area contributed by atoms with Crippen LogP contribution in [0, 0.1) is 0 Å². The van der Waals surface area contributed by atoms with Gasteiger partial charge < -0.3 is 9.15 Å². The Labute approximate surface area is 99.7 Å². The van der Waals surface area contributed by atoms with E-state index in [1.54, 1.807) is 12.3 Å². The SMILES string of the molecule is CC(C)OC(=O)/C=C/c1ccc2occc2c1. The number of carbonyl (C=O) groups excluding carboxylic acids is 1. The molecule has 0 N–H and O–H groups in total. The summed E-state index contributed by atoms with van der Waals surface area (Å²) in [6.07, 6.45) is 4.72. The van der Waals surface area contributed by atoms with Crippen molar-refractivity contribution >= 4 is 23.0 Å². The lowest BCUT2D eigenvalue weighted by Gasteiger charge is -2.03. The van der Waals surface area contributed by atoms with Gasteiger partial charge in [0.25, 0.3) is 0 Å². The first kappa shape index (κ1) is 11.5. The van der Waals surface area contributed by atoms with Crippen LogP contribution in [0.2, 0.25) is 0 Å². The molecule has 1 aromatic heterocycles. The van der Waals surface area contributed by atoms with Crippen molar-refractivity contribution in [2.45, 2.75) is 20.0 Å². The van der Waals surface area contributed by atoms with E-state index in [-0.39, 0.29) is 12.1 Å². The lowest BCUT2D eigenvalue weighted by molar-refractivity contribution is -0.141. The molecule has 3 heteroatoms. The number of furan rings is 1. The van der Waals surface area contributed by atoms with E-state index >= 15 is 0 Å². The minimum absolute atomic E-state index is 0.0940. The molecule has 3 nitrogen and oxygen atoms in total. The van der Waals surface area contributed by atoms with Crippen LogP contribution in [-0.2, 0) is 9.53 Å². The minimum atomic E-state index is -0.327. The van der Waals surface area contributed by atoms with E-state index in [2.05, 4.69) is 0 Å². The van der Waals surface area contributed by atoms with Crippen molar-refractivity contribution in [3.8, 4) is 0 Å². The second-order valence-corrected chi connectivity index (χ2v) is 4.04. The molecule has 0 aliphatic heterocycles. The first-order valence-corrected chi connectivity index (χ1v) is 5.51.